The molecule has 0 bridgehead atoms. The maximum atomic E-state index is 12.0. The Kier molecular flexibility index (Phi) is 7.82. The predicted molar refractivity (Wildman–Crippen MR) is 111 cm³/mol. The largest absolute Gasteiger partial charge is 0.484 e. The van der Waals surface area contributed by atoms with Gasteiger partial charge in [0.1, 0.15) is 5.75 Å². The molecule has 0 atom stereocenters. The van der Waals surface area contributed by atoms with Crippen LogP contribution < -0.4 is 15.4 Å². The molecule has 2 N–H and O–H groups in total. The van der Waals surface area contributed by atoms with Crippen molar-refractivity contribution in [1.29, 1.82) is 0 Å². The third-order valence-electron chi connectivity index (χ3n) is 4.77. The van der Waals surface area contributed by atoms with Gasteiger partial charge < -0.3 is 19.9 Å². The van der Waals surface area contributed by atoms with Crippen molar-refractivity contribution in [3.05, 3.63) is 41.5 Å². The van der Waals surface area contributed by atoms with E-state index in [1.54, 1.807) is 0 Å². The summed E-state index contributed by atoms with van der Waals surface area (Å²) in [6.07, 6.45) is 4.56. The molecule has 8 heteroatoms. The minimum atomic E-state index is -0.0799. The lowest BCUT2D eigenvalue weighted by atomic mass is 10.1. The number of hydrogen-bond donors (Lipinski definition) is 2. The van der Waals surface area contributed by atoms with Gasteiger partial charge in [0.05, 0.1) is 0 Å². The van der Waals surface area contributed by atoms with Gasteiger partial charge in [-0.15, -0.1) is 0 Å². The quantitative estimate of drug-likeness (QED) is 0.553. The smallest absolute Gasteiger partial charge is 0.258 e. The number of rotatable bonds is 12. The molecule has 1 aromatic heterocycles. The summed E-state index contributed by atoms with van der Waals surface area (Å²) >= 11 is 0. The van der Waals surface area contributed by atoms with E-state index in [1.165, 1.54) is 0 Å². The number of amides is 2. The number of aromatic nitrogens is 2. The summed E-state index contributed by atoms with van der Waals surface area (Å²) in [5.41, 5.74) is 1.09. The van der Waals surface area contributed by atoms with E-state index in [1.807, 2.05) is 38.1 Å². The molecule has 1 aliphatic carbocycles. The Balaban J connectivity index is 1.27. The summed E-state index contributed by atoms with van der Waals surface area (Å²) in [6, 6.07) is 7.93. The highest BCUT2D eigenvalue weighted by Gasteiger charge is 2.23. The SMILES string of the molecule is CC(C)c1noc(CCCC(=O)NCCc2ccc(OCC(=O)NC3CC3)cc2)n1. The molecule has 8 nitrogen and oxygen atoms in total. The molecule has 1 fully saturated rings. The molecule has 1 heterocycles. The maximum Gasteiger partial charge on any atom is 0.258 e. The van der Waals surface area contributed by atoms with Gasteiger partial charge in [-0.25, -0.2) is 0 Å². The van der Waals surface area contributed by atoms with Gasteiger partial charge in [0.15, 0.2) is 12.4 Å². The molecule has 162 valence electrons. The first-order valence-electron chi connectivity index (χ1n) is 10.6. The van der Waals surface area contributed by atoms with Crippen molar-refractivity contribution in [1.82, 2.24) is 20.8 Å². The first-order chi connectivity index (χ1) is 14.5. The Bertz CT molecular complexity index is 828. The number of benzene rings is 1. The fourth-order valence-corrected chi connectivity index (χ4v) is 2.84. The summed E-state index contributed by atoms with van der Waals surface area (Å²) < 4.78 is 10.7. The van der Waals surface area contributed by atoms with Crippen molar-refractivity contribution in [3.8, 4) is 5.75 Å². The number of carbonyl (C=O) groups excluding carboxylic acids is 2. The molecule has 0 unspecified atom stereocenters. The van der Waals surface area contributed by atoms with Crippen LogP contribution in [0, 0.1) is 0 Å². The minimum absolute atomic E-state index is 0.0141. The zero-order valence-electron chi connectivity index (χ0n) is 17.6. The Hall–Kier alpha value is -2.90. The summed E-state index contributed by atoms with van der Waals surface area (Å²) in [6.45, 7) is 4.63. The predicted octanol–water partition coefficient (Wildman–Crippen LogP) is 2.53. The molecule has 1 saturated carbocycles. The molecule has 0 spiro atoms. The van der Waals surface area contributed by atoms with Crippen LogP contribution in [0.2, 0.25) is 0 Å². The van der Waals surface area contributed by atoms with Gasteiger partial charge in [-0.05, 0) is 43.4 Å². The summed E-state index contributed by atoms with van der Waals surface area (Å²) in [4.78, 5) is 27.9. The van der Waals surface area contributed by atoms with E-state index >= 15 is 0 Å². The van der Waals surface area contributed by atoms with Crippen LogP contribution in [0.3, 0.4) is 0 Å². The maximum absolute atomic E-state index is 12.0. The summed E-state index contributed by atoms with van der Waals surface area (Å²) in [7, 11) is 0. The molecule has 1 aromatic carbocycles. The van der Waals surface area contributed by atoms with E-state index in [9.17, 15) is 9.59 Å². The lowest BCUT2D eigenvalue weighted by Crippen LogP contribution is -2.30. The lowest BCUT2D eigenvalue weighted by Gasteiger charge is -2.08. The summed E-state index contributed by atoms with van der Waals surface area (Å²) in [5, 5.41) is 9.74. The molecule has 2 amide bonds. The topological polar surface area (TPSA) is 106 Å². The first kappa shape index (κ1) is 21.8. The second-order valence-electron chi connectivity index (χ2n) is 7.93. The van der Waals surface area contributed by atoms with Crippen LogP contribution in [-0.2, 0) is 22.4 Å². The Labute approximate surface area is 176 Å². The molecule has 0 saturated heterocycles. The van der Waals surface area contributed by atoms with Crippen molar-refractivity contribution >= 4 is 11.8 Å². The molecule has 2 aromatic rings. The van der Waals surface area contributed by atoms with E-state index in [0.717, 1.165) is 24.8 Å². The number of nitrogens with zero attached hydrogens (tertiary/aromatic N) is 2. The molecule has 1 aliphatic rings. The number of ether oxygens (including phenoxy) is 1. The highest BCUT2D eigenvalue weighted by molar-refractivity contribution is 5.78. The first-order valence-corrected chi connectivity index (χ1v) is 10.6. The van der Waals surface area contributed by atoms with Crippen LogP contribution in [0.15, 0.2) is 28.8 Å². The second-order valence-corrected chi connectivity index (χ2v) is 7.93. The van der Waals surface area contributed by atoms with Crippen LogP contribution in [0.25, 0.3) is 0 Å². The number of nitrogens with one attached hydrogen (secondary N) is 2. The van der Waals surface area contributed by atoms with Crippen molar-refractivity contribution in [2.24, 2.45) is 0 Å². The molecule has 0 radical (unpaired) electrons. The van der Waals surface area contributed by atoms with E-state index in [0.29, 0.717) is 49.3 Å². The lowest BCUT2D eigenvalue weighted by molar-refractivity contribution is -0.123. The van der Waals surface area contributed by atoms with Gasteiger partial charge in [0.25, 0.3) is 5.91 Å². The third-order valence-corrected chi connectivity index (χ3v) is 4.77. The van der Waals surface area contributed by atoms with Crippen LogP contribution in [0.5, 0.6) is 5.75 Å². The minimum Gasteiger partial charge on any atom is -0.484 e. The number of aryl methyl sites for hydroxylation is 1. The van der Waals surface area contributed by atoms with E-state index in [4.69, 9.17) is 9.26 Å². The Morgan fingerprint density at radius 1 is 1.17 bits per heavy atom. The van der Waals surface area contributed by atoms with Crippen molar-refractivity contribution in [2.45, 2.75) is 64.3 Å². The highest BCUT2D eigenvalue weighted by Crippen LogP contribution is 2.18. The molecular formula is C22H30N4O4. The molecule has 3 rings (SSSR count). The van der Waals surface area contributed by atoms with Crippen molar-refractivity contribution in [3.63, 3.8) is 0 Å². The zero-order valence-corrected chi connectivity index (χ0v) is 17.6. The van der Waals surface area contributed by atoms with Crippen molar-refractivity contribution < 1.29 is 18.8 Å². The summed E-state index contributed by atoms with van der Waals surface area (Å²) in [5.74, 6) is 2.11. The van der Waals surface area contributed by atoms with Gasteiger partial charge in [0, 0.05) is 31.3 Å². The van der Waals surface area contributed by atoms with Gasteiger partial charge in [0.2, 0.25) is 11.8 Å². The fraction of sp³-hybridized carbons (Fsp3) is 0.545. The molecule has 30 heavy (non-hydrogen) atoms. The van der Waals surface area contributed by atoms with Gasteiger partial charge in [-0.1, -0.05) is 31.1 Å². The number of hydrogen-bond acceptors (Lipinski definition) is 6. The van der Waals surface area contributed by atoms with Gasteiger partial charge in [-0.2, -0.15) is 4.98 Å². The van der Waals surface area contributed by atoms with E-state index in [2.05, 4.69) is 20.8 Å². The normalized spacial score (nSPS) is 13.3. The third kappa shape index (κ3) is 7.50. The second kappa shape index (κ2) is 10.8. The zero-order chi connectivity index (χ0) is 21.3. The van der Waals surface area contributed by atoms with Crippen LogP contribution in [-0.4, -0.2) is 41.1 Å². The van der Waals surface area contributed by atoms with E-state index < -0.39 is 0 Å². The van der Waals surface area contributed by atoms with Crippen molar-refractivity contribution in [2.75, 3.05) is 13.2 Å². The highest BCUT2D eigenvalue weighted by atomic mass is 16.5. The van der Waals surface area contributed by atoms with Gasteiger partial charge >= 0.3 is 0 Å². The fourth-order valence-electron chi connectivity index (χ4n) is 2.84. The van der Waals surface area contributed by atoms with E-state index in [-0.39, 0.29) is 24.3 Å². The monoisotopic (exact) mass is 414 g/mol. The van der Waals surface area contributed by atoms with Crippen LogP contribution >= 0.6 is 0 Å². The standard InChI is InChI=1S/C22H30N4O4/c1-15(2)22-25-21(30-26-22)5-3-4-19(27)23-13-12-16-6-10-18(11-7-16)29-14-20(28)24-17-8-9-17/h6-7,10-11,15,17H,3-5,8-9,12-14H2,1-2H3,(H,23,27)(H,24,28). The van der Waals surface area contributed by atoms with Crippen LogP contribution in [0.4, 0.5) is 0 Å². The Morgan fingerprint density at radius 3 is 2.60 bits per heavy atom. The Morgan fingerprint density at radius 2 is 1.93 bits per heavy atom. The average Bonchev–Trinajstić information content (AvgIpc) is 3.40. The van der Waals surface area contributed by atoms with Crippen LogP contribution in [0.1, 0.15) is 62.7 Å². The van der Waals surface area contributed by atoms with Gasteiger partial charge in [-0.3, -0.25) is 9.59 Å². The number of carbonyl (C=O) groups is 2. The average molecular weight is 415 g/mol. The molecule has 0 aliphatic heterocycles. The molecular weight excluding hydrogens is 384 g/mol.